The number of allylic oxidation sites excluding steroid dienone is 1. The van der Waals surface area contributed by atoms with Crippen LogP contribution in [0.2, 0.25) is 0 Å². The first-order chi connectivity index (χ1) is 20.8. The van der Waals surface area contributed by atoms with E-state index in [9.17, 15) is 14.4 Å². The van der Waals surface area contributed by atoms with Crippen molar-refractivity contribution in [1.82, 2.24) is 4.57 Å². The predicted molar refractivity (Wildman–Crippen MR) is 163 cm³/mol. The lowest BCUT2D eigenvalue weighted by molar-refractivity contribution is -0.139. The zero-order valence-corrected chi connectivity index (χ0v) is 24.8. The van der Waals surface area contributed by atoms with E-state index in [2.05, 4.69) is 11.6 Å². The van der Waals surface area contributed by atoms with Crippen molar-refractivity contribution in [2.45, 2.75) is 26.8 Å². The van der Waals surface area contributed by atoms with Crippen LogP contribution in [-0.4, -0.2) is 36.3 Å². The standard InChI is InChI=1S/C33H30N2O7S/c1-5-18-41-24-14-12-22(13-15-24)29-28(32(38)40-7-3)20(4)34-33-35(29)30(36)27(43-33)19-25-16-17-26(42-25)21-8-10-23(11-9-21)31(37)39-6-2/h5,8-17,19,29H,1,6-7,18H2,2-4H3/b27-19-/t29-/m1/s1. The Kier molecular flexibility index (Phi) is 8.87. The van der Waals surface area contributed by atoms with Crippen molar-refractivity contribution < 1.29 is 28.2 Å². The van der Waals surface area contributed by atoms with E-state index >= 15 is 0 Å². The number of esters is 2. The van der Waals surface area contributed by atoms with Crippen molar-refractivity contribution in [3.05, 3.63) is 121 Å². The third kappa shape index (κ3) is 6.14. The smallest absolute Gasteiger partial charge is 0.338 e. The summed E-state index contributed by atoms with van der Waals surface area (Å²) in [6, 6.07) is 16.9. The molecule has 3 heterocycles. The van der Waals surface area contributed by atoms with Crippen molar-refractivity contribution in [2.24, 2.45) is 4.99 Å². The molecule has 0 radical (unpaired) electrons. The van der Waals surface area contributed by atoms with Gasteiger partial charge in [0.2, 0.25) is 0 Å². The van der Waals surface area contributed by atoms with Crippen molar-refractivity contribution in [3.8, 4) is 17.1 Å². The summed E-state index contributed by atoms with van der Waals surface area (Å²) in [5.41, 5.74) is 2.39. The molecule has 1 aliphatic rings. The fraction of sp³-hybridized carbons (Fsp3) is 0.212. The SMILES string of the molecule is C=CCOc1ccc([C@@H]2C(C(=O)OCC)=C(C)N=c3s/c(=C\c4ccc(-c5ccc(C(=O)OCC)cc5)o4)c(=O)n32)cc1. The molecule has 2 aromatic carbocycles. The summed E-state index contributed by atoms with van der Waals surface area (Å²) in [6.45, 7) is 9.74. The van der Waals surface area contributed by atoms with Crippen molar-refractivity contribution in [3.63, 3.8) is 0 Å². The number of hydrogen-bond donors (Lipinski definition) is 0. The molecular formula is C33H30N2O7S. The number of aromatic nitrogens is 1. The minimum absolute atomic E-state index is 0.188. The van der Waals surface area contributed by atoms with Crippen molar-refractivity contribution >= 4 is 29.4 Å². The van der Waals surface area contributed by atoms with Crippen LogP contribution in [0.15, 0.2) is 98.8 Å². The minimum Gasteiger partial charge on any atom is -0.490 e. The zero-order valence-electron chi connectivity index (χ0n) is 24.0. The summed E-state index contributed by atoms with van der Waals surface area (Å²) in [5.74, 6) is 0.766. The molecule has 0 spiro atoms. The molecule has 0 unspecified atom stereocenters. The predicted octanol–water partition coefficient (Wildman–Crippen LogP) is 4.80. The van der Waals surface area contributed by atoms with Crippen LogP contribution in [0.25, 0.3) is 17.4 Å². The molecule has 0 bridgehead atoms. The molecule has 0 amide bonds. The molecule has 2 aromatic heterocycles. The monoisotopic (exact) mass is 598 g/mol. The van der Waals surface area contributed by atoms with E-state index in [0.29, 0.717) is 62.2 Å². The number of nitrogens with zero attached hydrogens (tertiary/aromatic N) is 2. The molecule has 0 aliphatic carbocycles. The van der Waals surface area contributed by atoms with Crippen LogP contribution in [-0.2, 0) is 14.3 Å². The van der Waals surface area contributed by atoms with Crippen LogP contribution >= 0.6 is 11.3 Å². The van der Waals surface area contributed by atoms with E-state index in [4.69, 9.17) is 18.6 Å². The van der Waals surface area contributed by atoms with Gasteiger partial charge in [0.15, 0.2) is 4.80 Å². The number of fused-ring (bicyclic) bond motifs is 1. The molecule has 220 valence electrons. The molecule has 0 saturated heterocycles. The Labute approximate surface area is 251 Å². The quantitative estimate of drug-likeness (QED) is 0.191. The normalized spacial score (nSPS) is 14.6. The fourth-order valence-corrected chi connectivity index (χ4v) is 5.73. The van der Waals surface area contributed by atoms with Gasteiger partial charge in [-0.25, -0.2) is 14.6 Å². The van der Waals surface area contributed by atoms with Crippen molar-refractivity contribution in [2.75, 3.05) is 19.8 Å². The number of ether oxygens (including phenoxy) is 3. The molecule has 10 heteroatoms. The summed E-state index contributed by atoms with van der Waals surface area (Å²) in [7, 11) is 0. The summed E-state index contributed by atoms with van der Waals surface area (Å²) in [5, 5.41) is 0. The number of rotatable bonds is 10. The van der Waals surface area contributed by atoms with Gasteiger partial charge in [0.25, 0.3) is 5.56 Å². The van der Waals surface area contributed by atoms with E-state index in [1.54, 1.807) is 81.5 Å². The third-order valence-corrected chi connectivity index (χ3v) is 7.64. The fourth-order valence-electron chi connectivity index (χ4n) is 4.71. The molecule has 0 saturated carbocycles. The van der Waals surface area contributed by atoms with Crippen molar-refractivity contribution in [1.29, 1.82) is 0 Å². The van der Waals surface area contributed by atoms with Gasteiger partial charge in [0.05, 0.1) is 40.6 Å². The summed E-state index contributed by atoms with van der Waals surface area (Å²) in [4.78, 5) is 44.0. The van der Waals surface area contributed by atoms with Crippen LogP contribution in [0.4, 0.5) is 0 Å². The molecule has 0 fully saturated rings. The largest absolute Gasteiger partial charge is 0.490 e. The molecule has 43 heavy (non-hydrogen) atoms. The maximum atomic E-state index is 13.9. The maximum absolute atomic E-state index is 13.9. The highest BCUT2D eigenvalue weighted by Gasteiger charge is 2.33. The van der Waals surface area contributed by atoms with Gasteiger partial charge < -0.3 is 18.6 Å². The number of hydrogen-bond acceptors (Lipinski definition) is 9. The highest BCUT2D eigenvalue weighted by atomic mass is 32.1. The summed E-state index contributed by atoms with van der Waals surface area (Å²) in [6.07, 6.45) is 3.31. The average Bonchev–Trinajstić information content (AvgIpc) is 3.60. The average molecular weight is 599 g/mol. The van der Waals surface area contributed by atoms with Crippen LogP contribution in [0.5, 0.6) is 5.75 Å². The number of benzene rings is 2. The Balaban J connectivity index is 1.53. The Morgan fingerprint density at radius 3 is 2.37 bits per heavy atom. The minimum atomic E-state index is -0.740. The number of furan rings is 1. The molecule has 4 aromatic rings. The summed E-state index contributed by atoms with van der Waals surface area (Å²) < 4.78 is 24.0. The van der Waals surface area contributed by atoms with Gasteiger partial charge in [-0.2, -0.15) is 0 Å². The lowest BCUT2D eigenvalue weighted by Crippen LogP contribution is -2.39. The van der Waals surface area contributed by atoms with E-state index in [1.165, 1.54) is 15.9 Å². The van der Waals surface area contributed by atoms with Gasteiger partial charge in [-0.15, -0.1) is 0 Å². The lowest BCUT2D eigenvalue weighted by atomic mass is 9.96. The maximum Gasteiger partial charge on any atom is 0.338 e. The van der Waals surface area contributed by atoms with Gasteiger partial charge in [-0.05, 0) is 62.7 Å². The van der Waals surface area contributed by atoms with Gasteiger partial charge in [0, 0.05) is 11.6 Å². The highest BCUT2D eigenvalue weighted by molar-refractivity contribution is 7.07. The number of carbonyl (C=O) groups excluding carboxylic acids is 2. The first-order valence-corrected chi connectivity index (χ1v) is 14.6. The second-order valence-electron chi connectivity index (χ2n) is 9.47. The molecule has 1 aliphatic heterocycles. The highest BCUT2D eigenvalue weighted by Crippen LogP contribution is 2.32. The molecule has 0 N–H and O–H groups in total. The molecule has 5 rings (SSSR count). The number of carbonyl (C=O) groups is 2. The lowest BCUT2D eigenvalue weighted by Gasteiger charge is -2.24. The summed E-state index contributed by atoms with van der Waals surface area (Å²) >= 11 is 1.21. The molecule has 1 atom stereocenters. The van der Waals surface area contributed by atoms with Crippen LogP contribution in [0.1, 0.15) is 48.5 Å². The second kappa shape index (κ2) is 12.9. The van der Waals surface area contributed by atoms with Crippen LogP contribution in [0.3, 0.4) is 0 Å². The first-order valence-electron chi connectivity index (χ1n) is 13.7. The van der Waals surface area contributed by atoms with Crippen LogP contribution < -0.4 is 19.6 Å². The van der Waals surface area contributed by atoms with E-state index in [-0.39, 0.29) is 18.1 Å². The van der Waals surface area contributed by atoms with Gasteiger partial charge >= 0.3 is 11.9 Å². The Morgan fingerprint density at radius 2 is 1.70 bits per heavy atom. The van der Waals surface area contributed by atoms with Crippen LogP contribution in [0, 0.1) is 0 Å². The molecule has 9 nitrogen and oxygen atoms in total. The van der Waals surface area contributed by atoms with Gasteiger partial charge in [0.1, 0.15) is 23.9 Å². The Bertz CT molecular complexity index is 1880. The van der Waals surface area contributed by atoms with Gasteiger partial charge in [-0.1, -0.05) is 48.3 Å². The van der Waals surface area contributed by atoms with E-state index < -0.39 is 12.0 Å². The third-order valence-electron chi connectivity index (χ3n) is 6.66. The Hall–Kier alpha value is -4.96. The topological polar surface area (TPSA) is 109 Å². The number of thiazole rings is 1. The van der Waals surface area contributed by atoms with E-state index in [1.807, 2.05) is 12.1 Å². The van der Waals surface area contributed by atoms with Gasteiger partial charge in [-0.3, -0.25) is 9.36 Å². The van der Waals surface area contributed by atoms with E-state index in [0.717, 1.165) is 5.56 Å². The zero-order chi connectivity index (χ0) is 30.5. The second-order valence-corrected chi connectivity index (χ2v) is 10.5. The molecular weight excluding hydrogens is 568 g/mol. The first kappa shape index (κ1) is 29.5. The Morgan fingerprint density at radius 1 is 1.00 bits per heavy atom.